The number of amides is 1. The quantitative estimate of drug-likeness (QED) is 0.868. The van der Waals surface area contributed by atoms with Gasteiger partial charge < -0.3 is 9.84 Å². The molecule has 0 aromatic heterocycles. The van der Waals surface area contributed by atoms with Crippen molar-refractivity contribution in [3.63, 3.8) is 0 Å². The Hall–Kier alpha value is -1.55. The number of anilines is 1. The van der Waals surface area contributed by atoms with Gasteiger partial charge >= 0.3 is 6.09 Å². The molecule has 0 saturated carbocycles. The summed E-state index contributed by atoms with van der Waals surface area (Å²) in [4.78, 5) is 11.6. The van der Waals surface area contributed by atoms with E-state index in [2.05, 4.69) is 5.32 Å². The highest BCUT2D eigenvalue weighted by atomic mass is 16.6. The molecule has 4 heteroatoms. The molecular formula is C14H21NO3. The number of benzene rings is 1. The Morgan fingerprint density at radius 3 is 2.67 bits per heavy atom. The highest BCUT2D eigenvalue weighted by Gasteiger charge is 2.16. The number of hydrogen-bond donors (Lipinski definition) is 2. The van der Waals surface area contributed by atoms with E-state index in [0.717, 1.165) is 5.56 Å². The lowest BCUT2D eigenvalue weighted by atomic mass is 10.1. The minimum absolute atomic E-state index is 0.401. The van der Waals surface area contributed by atoms with E-state index in [0.29, 0.717) is 12.1 Å². The lowest BCUT2D eigenvalue weighted by molar-refractivity contribution is 0.0636. The molecule has 1 aromatic rings. The first kappa shape index (κ1) is 14.5. The SMILES string of the molecule is C[C@H](O)Cc1cccc(NC(=O)OC(C)(C)C)c1. The molecular weight excluding hydrogens is 230 g/mol. The molecule has 1 rings (SSSR count). The fraction of sp³-hybridized carbons (Fsp3) is 0.500. The van der Waals surface area contributed by atoms with Crippen LogP contribution in [0, 0.1) is 0 Å². The van der Waals surface area contributed by atoms with Gasteiger partial charge in [0.25, 0.3) is 0 Å². The number of aliphatic hydroxyl groups excluding tert-OH is 1. The highest BCUT2D eigenvalue weighted by Crippen LogP contribution is 2.14. The van der Waals surface area contributed by atoms with Crippen LogP contribution >= 0.6 is 0 Å². The maximum Gasteiger partial charge on any atom is 0.412 e. The van der Waals surface area contributed by atoms with Gasteiger partial charge in [-0.25, -0.2) is 4.79 Å². The summed E-state index contributed by atoms with van der Waals surface area (Å²) in [5.41, 5.74) is 1.13. The van der Waals surface area contributed by atoms with Gasteiger partial charge in [0, 0.05) is 5.69 Å². The van der Waals surface area contributed by atoms with Gasteiger partial charge in [-0.1, -0.05) is 12.1 Å². The Morgan fingerprint density at radius 1 is 1.44 bits per heavy atom. The van der Waals surface area contributed by atoms with E-state index in [-0.39, 0.29) is 0 Å². The molecule has 0 unspecified atom stereocenters. The fourth-order valence-electron chi connectivity index (χ4n) is 1.54. The topological polar surface area (TPSA) is 58.6 Å². The average Bonchev–Trinajstić information content (AvgIpc) is 2.13. The zero-order valence-electron chi connectivity index (χ0n) is 11.4. The van der Waals surface area contributed by atoms with E-state index < -0.39 is 17.8 Å². The van der Waals surface area contributed by atoms with E-state index in [9.17, 15) is 9.90 Å². The molecule has 0 aliphatic carbocycles. The zero-order chi connectivity index (χ0) is 13.8. The third-order valence-electron chi connectivity index (χ3n) is 2.10. The van der Waals surface area contributed by atoms with Crippen LogP contribution in [0.1, 0.15) is 33.3 Å². The number of rotatable bonds is 3. The van der Waals surface area contributed by atoms with Gasteiger partial charge in [0.15, 0.2) is 0 Å². The smallest absolute Gasteiger partial charge is 0.412 e. The number of ether oxygens (including phenoxy) is 1. The van der Waals surface area contributed by atoms with Crippen molar-refractivity contribution in [2.45, 2.75) is 45.8 Å². The number of carbonyl (C=O) groups excluding carboxylic acids is 1. The maximum atomic E-state index is 11.6. The Labute approximate surface area is 108 Å². The number of aliphatic hydroxyl groups is 1. The molecule has 18 heavy (non-hydrogen) atoms. The summed E-state index contributed by atoms with van der Waals surface area (Å²) in [6.45, 7) is 7.18. The van der Waals surface area contributed by atoms with Crippen LogP contribution < -0.4 is 5.32 Å². The molecule has 0 aliphatic rings. The van der Waals surface area contributed by atoms with Crippen LogP contribution in [0.3, 0.4) is 0 Å². The van der Waals surface area contributed by atoms with Crippen LogP contribution in [0.2, 0.25) is 0 Å². The Kier molecular flexibility index (Phi) is 4.73. The third kappa shape index (κ3) is 5.68. The van der Waals surface area contributed by atoms with Gasteiger partial charge in [0.05, 0.1) is 6.10 Å². The van der Waals surface area contributed by atoms with Crippen molar-refractivity contribution >= 4 is 11.8 Å². The molecule has 0 saturated heterocycles. The van der Waals surface area contributed by atoms with Gasteiger partial charge in [-0.05, 0) is 51.8 Å². The van der Waals surface area contributed by atoms with Gasteiger partial charge in [-0.3, -0.25) is 5.32 Å². The van der Waals surface area contributed by atoms with Gasteiger partial charge in [0.1, 0.15) is 5.60 Å². The van der Waals surface area contributed by atoms with Crippen LogP contribution in [-0.2, 0) is 11.2 Å². The van der Waals surface area contributed by atoms with E-state index in [4.69, 9.17) is 4.74 Å². The summed E-state index contributed by atoms with van der Waals surface area (Å²) in [6, 6.07) is 7.36. The first-order valence-electron chi connectivity index (χ1n) is 6.03. The average molecular weight is 251 g/mol. The van der Waals surface area contributed by atoms with Crippen molar-refractivity contribution in [2.75, 3.05) is 5.32 Å². The Bertz CT molecular complexity index is 408. The predicted molar refractivity (Wildman–Crippen MR) is 71.7 cm³/mol. The number of nitrogens with one attached hydrogen (secondary N) is 1. The van der Waals surface area contributed by atoms with E-state index in [1.807, 2.05) is 39.0 Å². The maximum absolute atomic E-state index is 11.6. The molecule has 0 heterocycles. The van der Waals surface area contributed by atoms with Crippen molar-refractivity contribution in [3.8, 4) is 0 Å². The van der Waals surface area contributed by atoms with Crippen LogP contribution in [-0.4, -0.2) is 22.9 Å². The normalized spacial score (nSPS) is 12.9. The lowest BCUT2D eigenvalue weighted by Gasteiger charge is -2.19. The molecule has 0 aliphatic heterocycles. The molecule has 0 bridgehead atoms. The zero-order valence-corrected chi connectivity index (χ0v) is 11.4. The summed E-state index contributed by atoms with van der Waals surface area (Å²) in [5.74, 6) is 0. The minimum atomic E-state index is -0.513. The first-order chi connectivity index (χ1) is 8.26. The van der Waals surface area contributed by atoms with Crippen molar-refractivity contribution < 1.29 is 14.6 Å². The number of hydrogen-bond acceptors (Lipinski definition) is 3. The second-order valence-corrected chi connectivity index (χ2v) is 5.38. The van der Waals surface area contributed by atoms with Gasteiger partial charge in [-0.15, -0.1) is 0 Å². The van der Waals surface area contributed by atoms with Crippen LogP contribution in [0.5, 0.6) is 0 Å². The summed E-state index contributed by atoms with van der Waals surface area (Å²) >= 11 is 0. The fourth-order valence-corrected chi connectivity index (χ4v) is 1.54. The summed E-state index contributed by atoms with van der Waals surface area (Å²) in [5, 5.41) is 12.0. The van der Waals surface area contributed by atoms with Crippen molar-refractivity contribution in [3.05, 3.63) is 29.8 Å². The van der Waals surface area contributed by atoms with Gasteiger partial charge in [0.2, 0.25) is 0 Å². The molecule has 0 fully saturated rings. The molecule has 1 aromatic carbocycles. The second-order valence-electron chi connectivity index (χ2n) is 5.38. The molecule has 2 N–H and O–H groups in total. The standard InChI is InChI=1S/C14H21NO3/c1-10(16)8-11-6-5-7-12(9-11)15-13(17)18-14(2,3)4/h5-7,9-10,16H,8H2,1-4H3,(H,15,17)/t10-/m0/s1. The van der Waals surface area contributed by atoms with Crippen molar-refractivity contribution in [2.24, 2.45) is 0 Å². The van der Waals surface area contributed by atoms with Crippen molar-refractivity contribution in [1.29, 1.82) is 0 Å². The van der Waals surface area contributed by atoms with Gasteiger partial charge in [-0.2, -0.15) is 0 Å². The predicted octanol–water partition coefficient (Wildman–Crippen LogP) is 2.96. The number of carbonyl (C=O) groups is 1. The minimum Gasteiger partial charge on any atom is -0.444 e. The monoisotopic (exact) mass is 251 g/mol. The second kappa shape index (κ2) is 5.87. The summed E-state index contributed by atoms with van der Waals surface area (Å²) in [7, 11) is 0. The van der Waals surface area contributed by atoms with E-state index >= 15 is 0 Å². The van der Waals surface area contributed by atoms with E-state index in [1.54, 1.807) is 13.0 Å². The highest BCUT2D eigenvalue weighted by molar-refractivity contribution is 5.84. The lowest BCUT2D eigenvalue weighted by Crippen LogP contribution is -2.27. The molecule has 1 atom stereocenters. The van der Waals surface area contributed by atoms with Crippen LogP contribution in [0.25, 0.3) is 0 Å². The molecule has 0 spiro atoms. The third-order valence-corrected chi connectivity index (χ3v) is 2.10. The Balaban J connectivity index is 2.65. The Morgan fingerprint density at radius 2 is 2.11 bits per heavy atom. The van der Waals surface area contributed by atoms with Crippen LogP contribution in [0.4, 0.5) is 10.5 Å². The van der Waals surface area contributed by atoms with Crippen molar-refractivity contribution in [1.82, 2.24) is 0 Å². The van der Waals surface area contributed by atoms with Crippen LogP contribution in [0.15, 0.2) is 24.3 Å². The van der Waals surface area contributed by atoms with E-state index in [1.165, 1.54) is 0 Å². The summed E-state index contributed by atoms with van der Waals surface area (Å²) in [6.07, 6.45) is -0.317. The molecule has 1 amide bonds. The summed E-state index contributed by atoms with van der Waals surface area (Å²) < 4.78 is 5.16. The first-order valence-corrected chi connectivity index (χ1v) is 6.03. The molecule has 100 valence electrons. The molecule has 0 radical (unpaired) electrons. The molecule has 4 nitrogen and oxygen atoms in total. The largest absolute Gasteiger partial charge is 0.444 e.